The van der Waals surface area contributed by atoms with Crippen LogP contribution in [0.3, 0.4) is 0 Å². The van der Waals surface area contributed by atoms with Gasteiger partial charge in [0.1, 0.15) is 0 Å². The lowest BCUT2D eigenvalue weighted by Gasteiger charge is -2.36. The Morgan fingerprint density at radius 1 is 1.35 bits per heavy atom. The second-order valence-electron chi connectivity index (χ2n) is 5.96. The molecule has 0 amide bonds. The number of hydrogen-bond acceptors (Lipinski definition) is 2. The molecule has 2 nitrogen and oxygen atoms in total. The maximum absolute atomic E-state index is 3.83. The van der Waals surface area contributed by atoms with E-state index in [1.54, 1.807) is 0 Å². The van der Waals surface area contributed by atoms with E-state index in [1.807, 2.05) is 0 Å². The van der Waals surface area contributed by atoms with Gasteiger partial charge in [-0.25, -0.2) is 0 Å². The first-order chi connectivity index (χ1) is 8.17. The van der Waals surface area contributed by atoms with Gasteiger partial charge in [-0.15, -0.1) is 0 Å². The molecule has 0 aromatic rings. The monoisotopic (exact) mass is 240 g/mol. The van der Waals surface area contributed by atoms with E-state index < -0.39 is 0 Å². The molecule has 2 heteroatoms. The van der Waals surface area contributed by atoms with Crippen LogP contribution in [0.5, 0.6) is 0 Å². The van der Waals surface area contributed by atoms with E-state index in [0.29, 0.717) is 0 Å². The molecule has 0 spiro atoms. The van der Waals surface area contributed by atoms with Crippen LogP contribution in [0, 0.1) is 11.8 Å². The van der Waals surface area contributed by atoms with Crippen molar-refractivity contribution in [1.82, 2.24) is 10.2 Å². The van der Waals surface area contributed by atoms with Gasteiger partial charge in [-0.05, 0) is 44.8 Å². The molecule has 0 bridgehead atoms. The molecule has 0 radical (unpaired) electrons. The van der Waals surface area contributed by atoms with Crippen LogP contribution >= 0.6 is 0 Å². The molecule has 17 heavy (non-hydrogen) atoms. The molecule has 3 atom stereocenters. The highest BCUT2D eigenvalue weighted by molar-refractivity contribution is 4.82. The first kappa shape index (κ1) is 15.0. The van der Waals surface area contributed by atoms with Gasteiger partial charge in [0, 0.05) is 12.6 Å². The van der Waals surface area contributed by atoms with Gasteiger partial charge in [0.05, 0.1) is 0 Å². The predicted molar refractivity (Wildman–Crippen MR) is 76.4 cm³/mol. The van der Waals surface area contributed by atoms with E-state index in [1.165, 1.54) is 51.7 Å². The quantitative estimate of drug-likeness (QED) is 0.735. The van der Waals surface area contributed by atoms with Gasteiger partial charge >= 0.3 is 0 Å². The molecule has 3 unspecified atom stereocenters. The van der Waals surface area contributed by atoms with Crippen molar-refractivity contribution < 1.29 is 0 Å². The van der Waals surface area contributed by atoms with Crippen LogP contribution in [0.15, 0.2) is 0 Å². The van der Waals surface area contributed by atoms with Crippen LogP contribution in [0.2, 0.25) is 0 Å². The van der Waals surface area contributed by atoms with Crippen molar-refractivity contribution in [3.8, 4) is 0 Å². The molecule has 0 saturated carbocycles. The minimum Gasteiger partial charge on any atom is -0.313 e. The number of rotatable bonds is 7. The summed E-state index contributed by atoms with van der Waals surface area (Å²) in [5.74, 6) is 1.69. The zero-order valence-electron chi connectivity index (χ0n) is 12.3. The zero-order chi connectivity index (χ0) is 12.7. The molecule has 1 fully saturated rings. The van der Waals surface area contributed by atoms with Gasteiger partial charge in [-0.2, -0.15) is 0 Å². The van der Waals surface area contributed by atoms with Crippen LogP contribution in [-0.4, -0.2) is 37.6 Å². The molecular formula is C15H32N2. The van der Waals surface area contributed by atoms with Crippen LogP contribution in [-0.2, 0) is 0 Å². The third kappa shape index (κ3) is 5.39. The van der Waals surface area contributed by atoms with Crippen LogP contribution in [0.4, 0.5) is 0 Å². The van der Waals surface area contributed by atoms with E-state index in [0.717, 1.165) is 17.9 Å². The fourth-order valence-corrected chi connectivity index (χ4v) is 2.92. The fourth-order valence-electron chi connectivity index (χ4n) is 2.92. The summed E-state index contributed by atoms with van der Waals surface area (Å²) < 4.78 is 0. The van der Waals surface area contributed by atoms with Crippen LogP contribution in [0.25, 0.3) is 0 Å². The van der Waals surface area contributed by atoms with E-state index in [-0.39, 0.29) is 0 Å². The number of nitrogens with one attached hydrogen (secondary N) is 1. The Bertz CT molecular complexity index is 193. The maximum atomic E-state index is 3.83. The van der Waals surface area contributed by atoms with Gasteiger partial charge in [0.2, 0.25) is 0 Å². The highest BCUT2D eigenvalue weighted by Gasteiger charge is 2.23. The molecule has 0 aromatic carbocycles. The Morgan fingerprint density at radius 2 is 2.12 bits per heavy atom. The molecule has 1 N–H and O–H groups in total. The second-order valence-corrected chi connectivity index (χ2v) is 5.96. The van der Waals surface area contributed by atoms with Gasteiger partial charge < -0.3 is 10.2 Å². The van der Waals surface area contributed by atoms with Crippen molar-refractivity contribution >= 4 is 0 Å². The summed E-state index contributed by atoms with van der Waals surface area (Å²) in [6.07, 6.45) is 6.78. The van der Waals surface area contributed by atoms with Crippen molar-refractivity contribution in [3.05, 3.63) is 0 Å². The van der Waals surface area contributed by atoms with Gasteiger partial charge in [-0.1, -0.05) is 40.0 Å². The van der Waals surface area contributed by atoms with Crippen LogP contribution < -0.4 is 5.32 Å². The highest BCUT2D eigenvalue weighted by atomic mass is 15.1. The molecule has 1 aliphatic heterocycles. The standard InChI is InChI=1S/C15H32N2/c1-5-7-8-14(6-2)11-16-15-9-10-17(4)12-13(15)3/h13-16H,5-12H2,1-4H3. The Labute approximate surface area is 108 Å². The Morgan fingerprint density at radius 3 is 2.71 bits per heavy atom. The molecule has 0 aliphatic carbocycles. The Hall–Kier alpha value is -0.0800. The normalized spacial score (nSPS) is 28.2. The van der Waals surface area contributed by atoms with Crippen molar-refractivity contribution in [2.75, 3.05) is 26.7 Å². The zero-order valence-corrected chi connectivity index (χ0v) is 12.3. The number of nitrogens with zero attached hydrogens (tertiary/aromatic N) is 1. The van der Waals surface area contributed by atoms with Crippen molar-refractivity contribution in [3.63, 3.8) is 0 Å². The summed E-state index contributed by atoms with van der Waals surface area (Å²) in [7, 11) is 2.24. The summed E-state index contributed by atoms with van der Waals surface area (Å²) in [5, 5.41) is 3.83. The maximum Gasteiger partial charge on any atom is 0.0117 e. The average molecular weight is 240 g/mol. The molecule has 1 saturated heterocycles. The first-order valence-electron chi connectivity index (χ1n) is 7.59. The van der Waals surface area contributed by atoms with Crippen molar-refractivity contribution in [1.29, 1.82) is 0 Å². The van der Waals surface area contributed by atoms with Crippen molar-refractivity contribution in [2.24, 2.45) is 11.8 Å². The van der Waals surface area contributed by atoms with Crippen LogP contribution in [0.1, 0.15) is 52.9 Å². The Kier molecular flexibility index (Phi) is 7.14. The summed E-state index contributed by atoms with van der Waals surface area (Å²) >= 11 is 0. The molecule has 1 heterocycles. The molecular weight excluding hydrogens is 208 g/mol. The van der Waals surface area contributed by atoms with Crippen molar-refractivity contribution in [2.45, 2.75) is 58.9 Å². The second kappa shape index (κ2) is 8.10. The fraction of sp³-hybridized carbons (Fsp3) is 1.00. The number of unbranched alkanes of at least 4 members (excludes halogenated alkanes) is 1. The molecule has 1 aliphatic rings. The van der Waals surface area contributed by atoms with E-state index in [9.17, 15) is 0 Å². The SMILES string of the molecule is CCCCC(CC)CNC1CCN(C)CC1C. The first-order valence-corrected chi connectivity index (χ1v) is 7.59. The lowest BCUT2D eigenvalue weighted by atomic mass is 9.92. The smallest absolute Gasteiger partial charge is 0.0117 e. The van der Waals surface area contributed by atoms with E-state index in [2.05, 4.69) is 38.0 Å². The number of piperidine rings is 1. The van der Waals surface area contributed by atoms with Gasteiger partial charge in [0.15, 0.2) is 0 Å². The summed E-state index contributed by atoms with van der Waals surface area (Å²) in [6, 6.07) is 0.752. The lowest BCUT2D eigenvalue weighted by Crippen LogP contribution is -2.48. The third-order valence-corrected chi connectivity index (χ3v) is 4.32. The Balaban J connectivity index is 2.23. The largest absolute Gasteiger partial charge is 0.313 e. The van der Waals surface area contributed by atoms with E-state index >= 15 is 0 Å². The van der Waals surface area contributed by atoms with Gasteiger partial charge in [-0.3, -0.25) is 0 Å². The van der Waals surface area contributed by atoms with E-state index in [4.69, 9.17) is 0 Å². The highest BCUT2D eigenvalue weighted by Crippen LogP contribution is 2.17. The summed E-state index contributed by atoms with van der Waals surface area (Å²) in [6.45, 7) is 10.8. The predicted octanol–water partition coefficient (Wildman–Crippen LogP) is 3.13. The molecule has 1 rings (SSSR count). The number of likely N-dealkylation sites (tertiary alicyclic amines) is 1. The molecule has 102 valence electrons. The topological polar surface area (TPSA) is 15.3 Å². The average Bonchev–Trinajstić information content (AvgIpc) is 2.31. The summed E-state index contributed by atoms with van der Waals surface area (Å²) in [4.78, 5) is 2.46. The minimum atomic E-state index is 0.752. The third-order valence-electron chi connectivity index (χ3n) is 4.32. The summed E-state index contributed by atoms with van der Waals surface area (Å²) in [5.41, 5.74) is 0. The minimum absolute atomic E-state index is 0.752. The number of hydrogen-bond donors (Lipinski definition) is 1. The molecule has 0 aromatic heterocycles. The lowest BCUT2D eigenvalue weighted by molar-refractivity contribution is 0.170. The van der Waals surface area contributed by atoms with Gasteiger partial charge in [0.25, 0.3) is 0 Å².